The van der Waals surface area contributed by atoms with Crippen molar-refractivity contribution >= 4 is 0 Å². The average molecular weight is 261 g/mol. The number of hydrogen-bond acceptors (Lipinski definition) is 1. The lowest BCUT2D eigenvalue weighted by atomic mass is 9.96. The molecule has 0 N–H and O–H groups in total. The third-order valence-electron chi connectivity index (χ3n) is 4.69. The zero-order chi connectivity index (χ0) is 13.3. The van der Waals surface area contributed by atoms with Crippen LogP contribution in [0.25, 0.3) is 0 Å². The van der Waals surface area contributed by atoms with E-state index in [2.05, 4.69) is 36.1 Å². The highest BCUT2D eigenvalue weighted by atomic mass is 15.2. The van der Waals surface area contributed by atoms with Gasteiger partial charge in [-0.05, 0) is 45.1 Å². The first-order valence-corrected chi connectivity index (χ1v) is 8.51. The fraction of sp³-hybridized carbons (Fsp3) is 0.778. The Balaban J connectivity index is 1.65. The third-order valence-corrected chi connectivity index (χ3v) is 4.69. The summed E-state index contributed by atoms with van der Waals surface area (Å²) < 4.78 is 0. The van der Waals surface area contributed by atoms with Crippen LogP contribution < -0.4 is 0 Å². The normalized spacial score (nSPS) is 28.5. The number of hydrogen-bond donors (Lipinski definition) is 0. The maximum atomic E-state index is 2.75. The van der Waals surface area contributed by atoms with Gasteiger partial charge in [-0.1, -0.05) is 56.9 Å². The lowest BCUT2D eigenvalue weighted by Crippen LogP contribution is -2.41. The van der Waals surface area contributed by atoms with E-state index in [4.69, 9.17) is 0 Å². The molecule has 0 amide bonds. The second-order valence-electron chi connectivity index (χ2n) is 6.19. The average Bonchev–Trinajstić information content (AvgIpc) is 2.91. The molecule has 0 aromatic rings. The van der Waals surface area contributed by atoms with Crippen molar-refractivity contribution in [2.75, 3.05) is 6.54 Å². The Kier molecular flexibility index (Phi) is 6.70. The van der Waals surface area contributed by atoms with E-state index in [1.807, 2.05) is 0 Å². The van der Waals surface area contributed by atoms with E-state index in [-0.39, 0.29) is 0 Å². The van der Waals surface area contributed by atoms with Crippen molar-refractivity contribution in [1.82, 2.24) is 4.90 Å². The Morgan fingerprint density at radius 3 is 2.79 bits per heavy atom. The van der Waals surface area contributed by atoms with Crippen LogP contribution in [0.2, 0.25) is 0 Å². The van der Waals surface area contributed by atoms with Crippen LogP contribution in [-0.4, -0.2) is 23.5 Å². The Morgan fingerprint density at radius 1 is 1.00 bits per heavy atom. The maximum Gasteiger partial charge on any atom is 0.0284 e. The zero-order valence-corrected chi connectivity index (χ0v) is 12.7. The summed E-state index contributed by atoms with van der Waals surface area (Å²) in [7, 11) is 0. The molecular weight excluding hydrogens is 230 g/mol. The standard InChI is InChI=1S/C18H31N/c1-2-3-4-5-6-7-8-9-12-17-13-10-14-18-15-11-16-19(17)18/h7-9,12,17-18H,2-6,10-11,13-16H2,1H3. The SMILES string of the molecule is CCCCCCC=CC=CC1CCCC2CCCN12. The fourth-order valence-electron chi connectivity index (χ4n) is 3.60. The molecule has 0 aromatic carbocycles. The topological polar surface area (TPSA) is 3.24 Å². The van der Waals surface area contributed by atoms with Gasteiger partial charge in [0, 0.05) is 12.1 Å². The number of allylic oxidation sites excluding steroid dienone is 3. The van der Waals surface area contributed by atoms with Gasteiger partial charge in [0.05, 0.1) is 0 Å². The molecule has 2 unspecified atom stereocenters. The van der Waals surface area contributed by atoms with Crippen molar-refractivity contribution < 1.29 is 0 Å². The summed E-state index contributed by atoms with van der Waals surface area (Å²) >= 11 is 0. The van der Waals surface area contributed by atoms with Gasteiger partial charge in [0.1, 0.15) is 0 Å². The Bertz CT molecular complexity index is 292. The Hall–Kier alpha value is -0.560. The van der Waals surface area contributed by atoms with Crippen molar-refractivity contribution in [3.8, 4) is 0 Å². The third kappa shape index (κ3) is 4.80. The van der Waals surface area contributed by atoms with Crippen LogP contribution in [0.4, 0.5) is 0 Å². The number of unbranched alkanes of at least 4 members (excludes halogenated alkanes) is 4. The quantitative estimate of drug-likeness (QED) is 0.456. The van der Waals surface area contributed by atoms with Crippen molar-refractivity contribution in [2.24, 2.45) is 0 Å². The van der Waals surface area contributed by atoms with Gasteiger partial charge in [-0.2, -0.15) is 0 Å². The van der Waals surface area contributed by atoms with Gasteiger partial charge in [0.15, 0.2) is 0 Å². The molecule has 1 nitrogen and oxygen atoms in total. The molecule has 0 spiro atoms. The zero-order valence-electron chi connectivity index (χ0n) is 12.7. The smallest absolute Gasteiger partial charge is 0.0284 e. The lowest BCUT2D eigenvalue weighted by molar-refractivity contribution is 0.153. The molecule has 0 bridgehead atoms. The van der Waals surface area contributed by atoms with E-state index >= 15 is 0 Å². The molecule has 0 aromatic heterocycles. The molecule has 2 aliphatic heterocycles. The molecule has 0 aliphatic carbocycles. The Labute approximate surface area is 119 Å². The van der Waals surface area contributed by atoms with Gasteiger partial charge in [0.25, 0.3) is 0 Å². The van der Waals surface area contributed by atoms with Crippen LogP contribution in [0.5, 0.6) is 0 Å². The molecule has 2 atom stereocenters. The van der Waals surface area contributed by atoms with Crippen LogP contribution in [0.3, 0.4) is 0 Å². The highest BCUT2D eigenvalue weighted by molar-refractivity contribution is 5.08. The van der Waals surface area contributed by atoms with E-state index in [9.17, 15) is 0 Å². The van der Waals surface area contributed by atoms with E-state index in [1.54, 1.807) is 0 Å². The second-order valence-corrected chi connectivity index (χ2v) is 6.19. The molecule has 0 saturated carbocycles. The summed E-state index contributed by atoms with van der Waals surface area (Å²) in [6.45, 7) is 3.61. The van der Waals surface area contributed by atoms with Gasteiger partial charge < -0.3 is 0 Å². The number of fused-ring (bicyclic) bond motifs is 1. The number of piperidine rings is 1. The molecule has 2 saturated heterocycles. The molecule has 108 valence electrons. The minimum atomic E-state index is 0.728. The second kappa shape index (κ2) is 8.58. The maximum absolute atomic E-state index is 2.75. The van der Waals surface area contributed by atoms with Gasteiger partial charge >= 0.3 is 0 Å². The highest BCUT2D eigenvalue weighted by Gasteiger charge is 2.32. The minimum absolute atomic E-state index is 0.728. The predicted molar refractivity (Wildman–Crippen MR) is 84.4 cm³/mol. The predicted octanol–water partition coefficient (Wildman–Crippen LogP) is 5.09. The number of rotatable bonds is 7. The first-order chi connectivity index (χ1) is 9.42. The minimum Gasteiger partial charge on any atom is -0.294 e. The van der Waals surface area contributed by atoms with Gasteiger partial charge in [-0.25, -0.2) is 0 Å². The Morgan fingerprint density at radius 2 is 1.89 bits per heavy atom. The largest absolute Gasteiger partial charge is 0.294 e. The molecule has 0 radical (unpaired) electrons. The molecule has 2 heterocycles. The molecule has 2 aliphatic rings. The molecule has 1 heteroatoms. The van der Waals surface area contributed by atoms with Gasteiger partial charge in [-0.15, -0.1) is 0 Å². The van der Waals surface area contributed by atoms with Crippen LogP contribution in [0.1, 0.15) is 71.1 Å². The van der Waals surface area contributed by atoms with Crippen LogP contribution in [0.15, 0.2) is 24.3 Å². The first kappa shape index (κ1) is 14.8. The van der Waals surface area contributed by atoms with E-state index in [0.29, 0.717) is 0 Å². The van der Waals surface area contributed by atoms with Gasteiger partial charge in [0.2, 0.25) is 0 Å². The summed E-state index contributed by atoms with van der Waals surface area (Å²) in [5.74, 6) is 0. The van der Waals surface area contributed by atoms with E-state index in [0.717, 1.165) is 12.1 Å². The van der Waals surface area contributed by atoms with Crippen molar-refractivity contribution in [2.45, 2.75) is 83.2 Å². The lowest BCUT2D eigenvalue weighted by Gasteiger charge is -2.36. The van der Waals surface area contributed by atoms with Crippen molar-refractivity contribution in [3.05, 3.63) is 24.3 Å². The summed E-state index contributed by atoms with van der Waals surface area (Å²) in [5.41, 5.74) is 0. The highest BCUT2D eigenvalue weighted by Crippen LogP contribution is 2.31. The molecule has 19 heavy (non-hydrogen) atoms. The van der Waals surface area contributed by atoms with Crippen LogP contribution in [-0.2, 0) is 0 Å². The monoisotopic (exact) mass is 261 g/mol. The van der Waals surface area contributed by atoms with Crippen LogP contribution >= 0.6 is 0 Å². The number of nitrogens with zero attached hydrogens (tertiary/aromatic N) is 1. The van der Waals surface area contributed by atoms with E-state index < -0.39 is 0 Å². The summed E-state index contributed by atoms with van der Waals surface area (Å²) in [5, 5.41) is 0. The van der Waals surface area contributed by atoms with Gasteiger partial charge in [-0.3, -0.25) is 4.90 Å². The van der Waals surface area contributed by atoms with Crippen molar-refractivity contribution in [3.63, 3.8) is 0 Å². The summed E-state index contributed by atoms with van der Waals surface area (Å²) in [6, 6.07) is 1.63. The van der Waals surface area contributed by atoms with E-state index in [1.165, 1.54) is 70.8 Å². The fourth-order valence-corrected chi connectivity index (χ4v) is 3.60. The summed E-state index contributed by atoms with van der Waals surface area (Å²) in [4.78, 5) is 2.75. The first-order valence-electron chi connectivity index (χ1n) is 8.51. The summed E-state index contributed by atoms with van der Waals surface area (Å²) in [6.07, 6.45) is 23.2. The molecular formula is C18H31N. The van der Waals surface area contributed by atoms with Crippen molar-refractivity contribution in [1.29, 1.82) is 0 Å². The van der Waals surface area contributed by atoms with Crippen LogP contribution in [0, 0.1) is 0 Å². The molecule has 2 rings (SSSR count). The molecule has 2 fully saturated rings.